The molecule has 0 bridgehead atoms. The van der Waals surface area contributed by atoms with E-state index < -0.39 is 35.4 Å². The van der Waals surface area contributed by atoms with Gasteiger partial charge in [0, 0.05) is 50.6 Å². The lowest BCUT2D eigenvalue weighted by Gasteiger charge is -2.35. The number of aryl methyl sites for hydroxylation is 1. The number of benzene rings is 2. The summed E-state index contributed by atoms with van der Waals surface area (Å²) >= 11 is 1.57. The van der Waals surface area contributed by atoms with E-state index in [1.807, 2.05) is 52.0 Å². The number of rotatable bonds is 14. The van der Waals surface area contributed by atoms with E-state index in [9.17, 15) is 29.4 Å². The topological polar surface area (TPSA) is 225 Å². The molecule has 6 rings (SSSR count). The van der Waals surface area contributed by atoms with Crippen molar-refractivity contribution in [1.82, 2.24) is 36.0 Å². The van der Waals surface area contributed by atoms with Gasteiger partial charge in [-0.25, -0.2) is 4.98 Å². The van der Waals surface area contributed by atoms with Crippen molar-refractivity contribution >= 4 is 46.5 Å². The number of nitrogens with zero attached hydrogens (tertiary/aromatic N) is 5. The largest absolute Gasteiger partial charge is 0.507 e. The van der Waals surface area contributed by atoms with E-state index in [1.165, 1.54) is 4.90 Å². The summed E-state index contributed by atoms with van der Waals surface area (Å²) in [6.45, 7) is 8.68. The zero-order valence-corrected chi connectivity index (χ0v) is 34.6. The number of carbonyl (C=O) groups is 4. The first kappa shape index (κ1) is 42.9. The van der Waals surface area contributed by atoms with E-state index in [2.05, 4.69) is 36.0 Å². The lowest BCUT2D eigenvalue weighted by Crippen LogP contribution is -2.58. The molecule has 0 radical (unpaired) electrons. The molecule has 0 spiro atoms. The van der Waals surface area contributed by atoms with E-state index in [1.54, 1.807) is 47.2 Å². The highest BCUT2D eigenvalue weighted by Gasteiger charge is 2.44. The molecule has 1 unspecified atom stereocenters. The molecule has 16 nitrogen and oxygen atoms in total. The highest BCUT2D eigenvalue weighted by atomic mass is 32.1. The molecule has 2 aliphatic rings. The minimum atomic E-state index is -0.997. The lowest BCUT2D eigenvalue weighted by atomic mass is 9.85. The number of aromatic nitrogens is 3. The summed E-state index contributed by atoms with van der Waals surface area (Å²) in [6.07, 6.45) is 0.368. The summed E-state index contributed by atoms with van der Waals surface area (Å²) in [6, 6.07) is 14.6. The molecule has 17 heteroatoms. The van der Waals surface area contributed by atoms with Crippen LogP contribution in [0.2, 0.25) is 0 Å². The maximum Gasteiger partial charge on any atom is 0.246 e. The minimum absolute atomic E-state index is 0.0347. The lowest BCUT2D eigenvalue weighted by molar-refractivity contribution is -0.144. The van der Waals surface area contributed by atoms with Crippen LogP contribution in [0.1, 0.15) is 51.3 Å². The van der Waals surface area contributed by atoms with Gasteiger partial charge in [-0.2, -0.15) is 0 Å². The van der Waals surface area contributed by atoms with Crippen LogP contribution in [0, 0.1) is 18.3 Å². The number of piperidine rings is 1. The molecular formula is C42H53N9O7S. The number of aromatic hydroxyl groups is 1. The Kier molecular flexibility index (Phi) is 13.8. The average molecular weight is 828 g/mol. The standard InChI is InChI=1S/C42H53N9O7S/c1-25-36(59-24-46-25)27-11-9-26(10-12-27)21-45-40(56)33-19-29(52)22-51(33)41(57)37(42(2,3)4)47-35(54)23-58-18-15-44-39(55)28-13-16-50(17-14-28)32-20-31(48-49-38(32)43)30-7-5-6-8-34(30)53/h5-12,20,24,28-29,33,37,52-53H,13-19,21-23H2,1-4H3,(H2,43,49)(H,44,55)(H,45,56)(H,47,54)/t29-,33+,37?/m1/s1. The number of ether oxygens (including phenoxy) is 1. The van der Waals surface area contributed by atoms with Gasteiger partial charge in [0.2, 0.25) is 23.6 Å². The third-order valence-corrected chi connectivity index (χ3v) is 11.7. The molecule has 2 aromatic heterocycles. The number of para-hydroxylation sites is 1. The van der Waals surface area contributed by atoms with Crippen molar-refractivity contribution < 1.29 is 34.1 Å². The molecule has 4 amide bonds. The number of β-amino-alcohol motifs (C(OH)–C–C–N with tert-alkyl or cyclic N) is 1. The van der Waals surface area contributed by atoms with Crippen LogP contribution in [0.3, 0.4) is 0 Å². The van der Waals surface area contributed by atoms with Crippen LogP contribution in [0.4, 0.5) is 11.5 Å². The Morgan fingerprint density at radius 1 is 1.02 bits per heavy atom. The Bertz CT molecular complexity index is 2120. The zero-order chi connectivity index (χ0) is 42.3. The van der Waals surface area contributed by atoms with E-state index in [0.717, 1.165) is 21.7 Å². The smallest absolute Gasteiger partial charge is 0.246 e. The number of likely N-dealkylation sites (tertiary alicyclic amines) is 1. The van der Waals surface area contributed by atoms with Crippen LogP contribution in [-0.4, -0.2) is 112 Å². The third-order valence-electron chi connectivity index (χ3n) is 10.7. The quantitative estimate of drug-likeness (QED) is 0.101. The van der Waals surface area contributed by atoms with Gasteiger partial charge in [-0.05, 0) is 54.5 Å². The zero-order valence-electron chi connectivity index (χ0n) is 33.8. The summed E-state index contributed by atoms with van der Waals surface area (Å²) in [4.78, 5) is 62.2. The van der Waals surface area contributed by atoms with Crippen LogP contribution in [0.25, 0.3) is 21.7 Å². The van der Waals surface area contributed by atoms with Gasteiger partial charge in [0.15, 0.2) is 5.82 Å². The number of phenols is 1. The van der Waals surface area contributed by atoms with Crippen molar-refractivity contribution in [3.63, 3.8) is 0 Å². The third kappa shape index (κ3) is 10.7. The molecule has 3 atom stereocenters. The van der Waals surface area contributed by atoms with E-state index in [0.29, 0.717) is 42.9 Å². The number of hydrogen-bond donors (Lipinski definition) is 6. The number of amides is 4. The Hall–Kier alpha value is -5.65. The Balaban J connectivity index is 0.931. The van der Waals surface area contributed by atoms with E-state index in [-0.39, 0.29) is 68.6 Å². The monoisotopic (exact) mass is 827 g/mol. The maximum absolute atomic E-state index is 13.9. The summed E-state index contributed by atoms with van der Waals surface area (Å²) < 4.78 is 5.57. The van der Waals surface area contributed by atoms with Gasteiger partial charge in [-0.1, -0.05) is 57.2 Å². The van der Waals surface area contributed by atoms with Crippen molar-refractivity contribution in [1.29, 1.82) is 0 Å². The minimum Gasteiger partial charge on any atom is -0.507 e. The first-order chi connectivity index (χ1) is 28.2. The first-order valence-electron chi connectivity index (χ1n) is 19.8. The number of anilines is 2. The molecule has 4 heterocycles. The summed E-state index contributed by atoms with van der Waals surface area (Å²) in [7, 11) is 0. The van der Waals surface area contributed by atoms with Crippen LogP contribution >= 0.6 is 11.3 Å². The molecule has 4 aromatic rings. The molecule has 314 valence electrons. The Morgan fingerprint density at radius 3 is 2.42 bits per heavy atom. The predicted octanol–water partition coefficient (Wildman–Crippen LogP) is 3.02. The van der Waals surface area contributed by atoms with Crippen molar-refractivity contribution in [3.05, 3.63) is 71.4 Å². The van der Waals surface area contributed by atoms with Gasteiger partial charge < -0.3 is 46.4 Å². The number of nitrogen functional groups attached to an aromatic ring is 1. The van der Waals surface area contributed by atoms with Crippen LogP contribution in [-0.2, 0) is 30.5 Å². The Labute approximate surface area is 347 Å². The highest BCUT2D eigenvalue weighted by molar-refractivity contribution is 7.13. The van der Waals surface area contributed by atoms with Gasteiger partial charge >= 0.3 is 0 Å². The summed E-state index contributed by atoms with van der Waals surface area (Å²) in [5, 5.41) is 37.6. The van der Waals surface area contributed by atoms with Gasteiger partial charge in [0.25, 0.3) is 0 Å². The first-order valence-corrected chi connectivity index (χ1v) is 20.6. The second-order valence-corrected chi connectivity index (χ2v) is 16.9. The fourth-order valence-corrected chi connectivity index (χ4v) is 8.20. The second kappa shape index (κ2) is 18.9. The molecule has 59 heavy (non-hydrogen) atoms. The predicted molar refractivity (Wildman–Crippen MR) is 224 cm³/mol. The molecule has 7 N–H and O–H groups in total. The fourth-order valence-electron chi connectivity index (χ4n) is 7.39. The normalized spacial score (nSPS) is 17.7. The number of hydrogen-bond acceptors (Lipinski definition) is 13. The highest BCUT2D eigenvalue weighted by Crippen LogP contribution is 2.33. The number of carbonyl (C=O) groups excluding carboxylic acids is 4. The number of aliphatic hydroxyl groups excluding tert-OH is 1. The van der Waals surface area contributed by atoms with Crippen molar-refractivity contribution in [2.75, 3.05) is 50.0 Å². The van der Waals surface area contributed by atoms with Gasteiger partial charge in [-0.3, -0.25) is 19.2 Å². The van der Waals surface area contributed by atoms with Crippen LogP contribution in [0.5, 0.6) is 5.75 Å². The molecule has 2 fully saturated rings. The summed E-state index contributed by atoms with van der Waals surface area (Å²) in [5.41, 5.74) is 11.9. The number of thiazole rings is 1. The van der Waals surface area contributed by atoms with Gasteiger partial charge in [0.1, 0.15) is 24.4 Å². The Morgan fingerprint density at radius 2 is 1.75 bits per heavy atom. The maximum atomic E-state index is 13.9. The van der Waals surface area contributed by atoms with Crippen LogP contribution < -0.4 is 26.6 Å². The fraction of sp³-hybridized carbons (Fsp3) is 0.452. The number of aliphatic hydroxyl groups is 1. The van der Waals surface area contributed by atoms with Gasteiger partial charge in [-0.15, -0.1) is 21.5 Å². The second-order valence-electron chi connectivity index (χ2n) is 16.1. The number of nitrogens with one attached hydrogen (secondary N) is 3. The SMILES string of the molecule is Cc1ncsc1-c1ccc(CNC(=O)[C@@H]2C[C@@H](O)CN2C(=O)C(NC(=O)COCCNC(=O)C2CCN(c3cc(-c4ccccc4O)nnc3N)CC2)C(C)(C)C)cc1. The number of phenolic OH excluding ortho intramolecular Hbond substituents is 1. The molecule has 2 saturated heterocycles. The molecular weight excluding hydrogens is 775 g/mol. The van der Waals surface area contributed by atoms with E-state index in [4.69, 9.17) is 10.5 Å². The summed E-state index contributed by atoms with van der Waals surface area (Å²) in [5.74, 6) is -1.35. The van der Waals surface area contributed by atoms with Crippen LogP contribution in [0.15, 0.2) is 60.1 Å². The molecule has 2 aliphatic heterocycles. The molecule has 2 aromatic carbocycles. The molecule has 0 aliphatic carbocycles. The average Bonchev–Trinajstić information content (AvgIpc) is 3.84. The van der Waals surface area contributed by atoms with Crippen molar-refractivity contribution in [2.24, 2.45) is 11.3 Å². The van der Waals surface area contributed by atoms with Crippen molar-refractivity contribution in [3.8, 4) is 27.4 Å². The number of nitrogens with two attached hydrogens (primary N) is 1. The van der Waals surface area contributed by atoms with Crippen molar-refractivity contribution in [2.45, 2.75) is 71.7 Å². The van der Waals surface area contributed by atoms with Gasteiger partial charge in [0.05, 0.1) is 40.2 Å². The van der Waals surface area contributed by atoms with E-state index >= 15 is 0 Å². The molecule has 0 saturated carbocycles.